The van der Waals surface area contributed by atoms with Gasteiger partial charge in [-0.1, -0.05) is 0 Å². The first kappa shape index (κ1) is 16.9. The summed E-state index contributed by atoms with van der Waals surface area (Å²) in [7, 11) is 0. The van der Waals surface area contributed by atoms with Gasteiger partial charge in [-0.15, -0.1) is 0 Å². The second-order valence-corrected chi connectivity index (χ2v) is 7.01. The highest BCUT2D eigenvalue weighted by Gasteiger charge is 2.32. The number of nitrogens with zero attached hydrogens (tertiary/aromatic N) is 3. The van der Waals surface area contributed by atoms with Gasteiger partial charge in [0.05, 0.1) is 23.3 Å². The van der Waals surface area contributed by atoms with Crippen LogP contribution in [0.2, 0.25) is 0 Å². The summed E-state index contributed by atoms with van der Waals surface area (Å²) in [5, 5.41) is 4.17. The molecule has 1 aromatic carbocycles. The maximum absolute atomic E-state index is 14.2. The van der Waals surface area contributed by atoms with E-state index in [1.165, 1.54) is 18.3 Å². The van der Waals surface area contributed by atoms with E-state index in [-0.39, 0.29) is 11.9 Å². The van der Waals surface area contributed by atoms with E-state index in [4.69, 9.17) is 15.2 Å². The number of nitrogens with two attached hydrogens (primary N) is 1. The first-order chi connectivity index (χ1) is 13.6. The smallest absolute Gasteiger partial charge is 0.252 e. The number of primary amides is 1. The van der Waals surface area contributed by atoms with Crippen LogP contribution in [-0.2, 0) is 0 Å². The van der Waals surface area contributed by atoms with E-state index in [2.05, 4.69) is 10.00 Å². The number of benzene rings is 1. The van der Waals surface area contributed by atoms with Gasteiger partial charge in [0.15, 0.2) is 11.5 Å². The van der Waals surface area contributed by atoms with Crippen LogP contribution in [0.15, 0.2) is 36.7 Å². The molecule has 2 aliphatic rings. The summed E-state index contributed by atoms with van der Waals surface area (Å²) in [5.74, 6) is 0.214. The van der Waals surface area contributed by atoms with Crippen molar-refractivity contribution in [1.82, 2.24) is 9.61 Å². The molecule has 0 spiro atoms. The van der Waals surface area contributed by atoms with Crippen molar-refractivity contribution in [2.75, 3.05) is 24.7 Å². The van der Waals surface area contributed by atoms with Gasteiger partial charge in [0.2, 0.25) is 0 Å². The average Bonchev–Trinajstić information content (AvgIpc) is 3.33. The standard InChI is InChI=1S/C20H19FN4O3/c21-12-8-14(19-18(9-12)27-6-7-28-19)16-2-1-4-24(16)13-3-5-25-17(10-13)15(11-23-25)20(22)26/h3,5,8-11,16H,1-2,4,6-7H2,(H2,22,26). The summed E-state index contributed by atoms with van der Waals surface area (Å²) in [4.78, 5) is 13.9. The number of carbonyl (C=O) groups is 1. The highest BCUT2D eigenvalue weighted by atomic mass is 19.1. The molecule has 1 unspecified atom stereocenters. The van der Waals surface area contributed by atoms with Gasteiger partial charge in [-0.05, 0) is 31.0 Å². The fraction of sp³-hybridized carbons (Fsp3) is 0.300. The fourth-order valence-corrected chi connectivity index (χ4v) is 4.13. The van der Waals surface area contributed by atoms with Gasteiger partial charge in [0, 0.05) is 30.1 Å². The maximum Gasteiger partial charge on any atom is 0.252 e. The second kappa shape index (κ2) is 6.40. The Labute approximate surface area is 160 Å². The minimum absolute atomic E-state index is 0.0476. The van der Waals surface area contributed by atoms with Crippen LogP contribution in [0.3, 0.4) is 0 Å². The Balaban J connectivity index is 1.58. The third kappa shape index (κ3) is 2.64. The molecule has 1 atom stereocenters. The predicted molar refractivity (Wildman–Crippen MR) is 100 cm³/mol. The van der Waals surface area contributed by atoms with Crippen molar-refractivity contribution < 1.29 is 18.7 Å². The lowest BCUT2D eigenvalue weighted by molar-refractivity contribution is 0.100. The number of aromatic nitrogens is 2. The van der Waals surface area contributed by atoms with Crippen LogP contribution in [0.5, 0.6) is 11.5 Å². The molecule has 0 bridgehead atoms. The van der Waals surface area contributed by atoms with E-state index >= 15 is 0 Å². The van der Waals surface area contributed by atoms with Crippen molar-refractivity contribution in [3.63, 3.8) is 0 Å². The number of hydrogen-bond donors (Lipinski definition) is 1. The maximum atomic E-state index is 14.2. The lowest BCUT2D eigenvalue weighted by atomic mass is 10.0. The van der Waals surface area contributed by atoms with Gasteiger partial charge >= 0.3 is 0 Å². The van der Waals surface area contributed by atoms with Crippen LogP contribution in [0.1, 0.15) is 34.8 Å². The lowest BCUT2D eigenvalue weighted by Gasteiger charge is -2.30. The minimum atomic E-state index is -0.519. The average molecular weight is 382 g/mol. The van der Waals surface area contributed by atoms with E-state index in [0.29, 0.717) is 35.8 Å². The molecule has 28 heavy (non-hydrogen) atoms. The zero-order valence-electron chi connectivity index (χ0n) is 15.1. The zero-order chi connectivity index (χ0) is 19.3. The molecular formula is C20H19FN4O3. The molecule has 5 rings (SSSR count). The SMILES string of the molecule is NC(=O)c1cnn2ccc(N3CCCC3c3cc(F)cc4c3OCCO4)cc12. The zero-order valence-corrected chi connectivity index (χ0v) is 15.1. The van der Waals surface area contributed by atoms with Crippen molar-refractivity contribution in [2.24, 2.45) is 5.73 Å². The van der Waals surface area contributed by atoms with Crippen LogP contribution in [0, 0.1) is 5.82 Å². The van der Waals surface area contributed by atoms with Gasteiger partial charge < -0.3 is 20.1 Å². The molecule has 3 aromatic rings. The molecule has 1 saturated heterocycles. The van der Waals surface area contributed by atoms with E-state index in [1.807, 2.05) is 12.1 Å². The number of rotatable bonds is 3. The molecule has 1 fully saturated rings. The van der Waals surface area contributed by atoms with Gasteiger partial charge in [0.25, 0.3) is 5.91 Å². The van der Waals surface area contributed by atoms with Gasteiger partial charge in [-0.3, -0.25) is 4.79 Å². The minimum Gasteiger partial charge on any atom is -0.486 e. The third-order valence-electron chi connectivity index (χ3n) is 5.35. The van der Waals surface area contributed by atoms with Crippen LogP contribution in [0.4, 0.5) is 10.1 Å². The summed E-state index contributed by atoms with van der Waals surface area (Å²) in [6.45, 7) is 1.67. The number of carbonyl (C=O) groups excluding carboxylic acids is 1. The molecular weight excluding hydrogens is 363 g/mol. The number of hydrogen-bond acceptors (Lipinski definition) is 5. The number of halogens is 1. The summed E-state index contributed by atoms with van der Waals surface area (Å²) >= 11 is 0. The molecule has 8 heteroatoms. The van der Waals surface area contributed by atoms with Gasteiger partial charge in [-0.25, -0.2) is 8.91 Å². The van der Waals surface area contributed by atoms with E-state index in [9.17, 15) is 9.18 Å². The Hall–Kier alpha value is -3.29. The van der Waals surface area contributed by atoms with Gasteiger partial charge in [-0.2, -0.15) is 5.10 Å². The second-order valence-electron chi connectivity index (χ2n) is 7.01. The predicted octanol–water partition coefficient (Wildman–Crippen LogP) is 2.69. The Morgan fingerprint density at radius 3 is 2.96 bits per heavy atom. The number of pyridine rings is 1. The molecule has 2 aliphatic heterocycles. The van der Waals surface area contributed by atoms with Crippen molar-refractivity contribution in [2.45, 2.75) is 18.9 Å². The monoisotopic (exact) mass is 382 g/mol. The molecule has 7 nitrogen and oxygen atoms in total. The van der Waals surface area contributed by atoms with E-state index in [0.717, 1.165) is 30.6 Å². The summed E-state index contributed by atoms with van der Waals surface area (Å²) in [5.41, 5.74) is 8.19. The molecule has 2 aromatic heterocycles. The third-order valence-corrected chi connectivity index (χ3v) is 5.35. The number of ether oxygens (including phenoxy) is 2. The van der Waals surface area contributed by atoms with Crippen LogP contribution < -0.4 is 20.1 Å². The largest absolute Gasteiger partial charge is 0.486 e. The van der Waals surface area contributed by atoms with Crippen molar-refractivity contribution in [3.8, 4) is 11.5 Å². The number of fused-ring (bicyclic) bond motifs is 2. The quantitative estimate of drug-likeness (QED) is 0.753. The van der Waals surface area contributed by atoms with E-state index in [1.54, 1.807) is 10.7 Å². The summed E-state index contributed by atoms with van der Waals surface area (Å²) in [6.07, 6.45) is 5.10. The Morgan fingerprint density at radius 2 is 2.11 bits per heavy atom. The Kier molecular flexibility index (Phi) is 3.85. The molecule has 2 N–H and O–H groups in total. The molecule has 0 saturated carbocycles. The molecule has 1 amide bonds. The summed E-state index contributed by atoms with van der Waals surface area (Å²) in [6, 6.07) is 6.69. The van der Waals surface area contributed by atoms with Crippen LogP contribution in [0.25, 0.3) is 5.52 Å². The highest BCUT2D eigenvalue weighted by Crippen LogP contribution is 2.45. The Bertz CT molecular complexity index is 1080. The first-order valence-electron chi connectivity index (χ1n) is 9.25. The number of amides is 1. The molecule has 144 valence electrons. The lowest BCUT2D eigenvalue weighted by Crippen LogP contribution is -2.25. The fourth-order valence-electron chi connectivity index (χ4n) is 4.13. The van der Waals surface area contributed by atoms with E-state index < -0.39 is 5.91 Å². The Morgan fingerprint density at radius 1 is 1.25 bits per heavy atom. The molecule has 0 aliphatic carbocycles. The molecule has 4 heterocycles. The van der Waals surface area contributed by atoms with Crippen molar-refractivity contribution >= 4 is 17.1 Å². The van der Waals surface area contributed by atoms with Crippen LogP contribution in [-0.4, -0.2) is 35.3 Å². The highest BCUT2D eigenvalue weighted by molar-refractivity contribution is 5.99. The summed E-state index contributed by atoms with van der Waals surface area (Å²) < 4.78 is 27.3. The normalized spacial score (nSPS) is 18.6. The van der Waals surface area contributed by atoms with Gasteiger partial charge in [0.1, 0.15) is 19.0 Å². The first-order valence-corrected chi connectivity index (χ1v) is 9.25. The topological polar surface area (TPSA) is 82.1 Å². The van der Waals surface area contributed by atoms with Crippen LogP contribution >= 0.6 is 0 Å². The van der Waals surface area contributed by atoms with Crippen molar-refractivity contribution in [3.05, 3.63) is 53.6 Å². The number of anilines is 1. The van der Waals surface area contributed by atoms with Crippen molar-refractivity contribution in [1.29, 1.82) is 0 Å². The molecule has 0 radical (unpaired) electrons.